The van der Waals surface area contributed by atoms with E-state index in [9.17, 15) is 4.79 Å². The Morgan fingerprint density at radius 1 is 1.60 bits per heavy atom. The van der Waals surface area contributed by atoms with Crippen molar-refractivity contribution in [2.45, 2.75) is 19.8 Å². The van der Waals surface area contributed by atoms with Crippen LogP contribution in [0.1, 0.15) is 19.8 Å². The number of hydrogen-bond acceptors (Lipinski definition) is 1. The van der Waals surface area contributed by atoms with E-state index in [0.29, 0.717) is 17.6 Å². The highest BCUT2D eigenvalue weighted by Crippen LogP contribution is 2.80. The number of carbonyl (C=O) groups is 1. The standard InChI is InChI=1S/C14H16O/c1-3-6-10-9-12(15)13(2)11-7-4-5-8-14(10,11)13/h3-5,7-8,10-11H,1,6,9H2,2H3/t10-,11?,13?,14?/m1/s1. The lowest BCUT2D eigenvalue weighted by atomic mass is 9.82. The maximum absolute atomic E-state index is 12.1. The molecule has 1 nitrogen and oxygen atoms in total. The Morgan fingerprint density at radius 3 is 3.13 bits per heavy atom. The molecule has 0 radical (unpaired) electrons. The fourth-order valence-electron chi connectivity index (χ4n) is 4.04. The smallest absolute Gasteiger partial charge is 0.140 e. The molecule has 2 saturated carbocycles. The van der Waals surface area contributed by atoms with E-state index in [1.54, 1.807) is 0 Å². The summed E-state index contributed by atoms with van der Waals surface area (Å²) in [4.78, 5) is 12.1. The molecular formula is C14H16O. The lowest BCUT2D eigenvalue weighted by molar-refractivity contribution is -0.122. The Balaban J connectivity index is 2.06. The van der Waals surface area contributed by atoms with E-state index in [1.807, 2.05) is 6.08 Å². The lowest BCUT2D eigenvalue weighted by Gasteiger charge is -2.21. The minimum Gasteiger partial charge on any atom is -0.299 e. The number of ketones is 1. The van der Waals surface area contributed by atoms with Crippen molar-refractivity contribution in [1.82, 2.24) is 0 Å². The molecule has 0 aliphatic heterocycles. The maximum atomic E-state index is 12.1. The van der Waals surface area contributed by atoms with Crippen LogP contribution < -0.4 is 0 Å². The molecule has 1 heteroatoms. The Labute approximate surface area is 90.6 Å². The third-order valence-corrected chi connectivity index (χ3v) is 4.88. The Morgan fingerprint density at radius 2 is 2.40 bits per heavy atom. The topological polar surface area (TPSA) is 17.1 Å². The zero-order valence-electron chi connectivity index (χ0n) is 9.07. The average Bonchev–Trinajstić information content (AvgIpc) is 2.75. The van der Waals surface area contributed by atoms with Gasteiger partial charge in [0.15, 0.2) is 0 Å². The molecule has 0 heterocycles. The summed E-state index contributed by atoms with van der Waals surface area (Å²) < 4.78 is 0. The molecule has 0 aromatic carbocycles. The molecular weight excluding hydrogens is 184 g/mol. The highest BCUT2D eigenvalue weighted by Gasteiger charge is 2.80. The molecule has 4 atom stereocenters. The Kier molecular flexibility index (Phi) is 1.54. The molecule has 0 aromatic rings. The van der Waals surface area contributed by atoms with Gasteiger partial charge in [-0.2, -0.15) is 0 Å². The summed E-state index contributed by atoms with van der Waals surface area (Å²) in [6, 6.07) is 0. The van der Waals surface area contributed by atoms with Crippen molar-refractivity contribution in [3.8, 4) is 0 Å². The molecule has 78 valence electrons. The summed E-state index contributed by atoms with van der Waals surface area (Å²) in [5.74, 6) is 1.40. The van der Waals surface area contributed by atoms with Gasteiger partial charge in [0, 0.05) is 23.2 Å². The van der Waals surface area contributed by atoms with Gasteiger partial charge < -0.3 is 0 Å². The number of fused-ring (bicyclic) bond motifs is 1. The summed E-state index contributed by atoms with van der Waals surface area (Å²) in [5.41, 5.74) is 0.0528. The van der Waals surface area contributed by atoms with Gasteiger partial charge in [-0.25, -0.2) is 0 Å². The van der Waals surface area contributed by atoms with Crippen molar-refractivity contribution >= 4 is 5.78 Å². The van der Waals surface area contributed by atoms with E-state index >= 15 is 0 Å². The molecule has 0 aromatic heterocycles. The zero-order valence-corrected chi connectivity index (χ0v) is 9.07. The van der Waals surface area contributed by atoms with Crippen molar-refractivity contribution in [2.24, 2.45) is 22.7 Å². The second-order valence-corrected chi connectivity index (χ2v) is 5.21. The van der Waals surface area contributed by atoms with E-state index in [2.05, 4.69) is 37.8 Å². The first kappa shape index (κ1) is 9.14. The third-order valence-electron chi connectivity index (χ3n) is 4.88. The van der Waals surface area contributed by atoms with Crippen molar-refractivity contribution in [2.75, 3.05) is 0 Å². The van der Waals surface area contributed by atoms with E-state index in [0.717, 1.165) is 12.8 Å². The molecule has 2 fully saturated rings. The first-order valence-corrected chi connectivity index (χ1v) is 5.68. The van der Waals surface area contributed by atoms with Crippen LogP contribution in [0.2, 0.25) is 0 Å². The molecule has 0 amide bonds. The van der Waals surface area contributed by atoms with Crippen LogP contribution in [0.25, 0.3) is 0 Å². The molecule has 3 aliphatic rings. The number of rotatable bonds is 2. The molecule has 0 saturated heterocycles. The summed E-state index contributed by atoms with van der Waals surface area (Å²) in [6.07, 6.45) is 12.4. The van der Waals surface area contributed by atoms with Gasteiger partial charge in [-0.15, -0.1) is 6.58 Å². The third kappa shape index (κ3) is 0.759. The van der Waals surface area contributed by atoms with Crippen LogP contribution in [0.3, 0.4) is 0 Å². The highest BCUT2D eigenvalue weighted by molar-refractivity contribution is 5.94. The SMILES string of the molecule is C=CC[C@@H]1CC(=O)C2(C)C3C=CC=CC312. The number of carbonyl (C=O) groups excluding carboxylic acids is 1. The van der Waals surface area contributed by atoms with Crippen LogP contribution in [-0.4, -0.2) is 5.78 Å². The second kappa shape index (κ2) is 2.52. The van der Waals surface area contributed by atoms with Gasteiger partial charge in [-0.05, 0) is 12.3 Å². The maximum Gasteiger partial charge on any atom is 0.140 e. The first-order valence-electron chi connectivity index (χ1n) is 5.68. The molecule has 15 heavy (non-hydrogen) atoms. The minimum absolute atomic E-state index is 0.0931. The van der Waals surface area contributed by atoms with E-state index in [-0.39, 0.29) is 10.8 Å². The van der Waals surface area contributed by atoms with Gasteiger partial charge in [0.25, 0.3) is 0 Å². The second-order valence-electron chi connectivity index (χ2n) is 5.21. The summed E-state index contributed by atoms with van der Waals surface area (Å²) in [6.45, 7) is 5.95. The fourth-order valence-corrected chi connectivity index (χ4v) is 4.04. The van der Waals surface area contributed by atoms with Crippen LogP contribution >= 0.6 is 0 Å². The van der Waals surface area contributed by atoms with Crippen LogP contribution in [0, 0.1) is 22.7 Å². The number of hydrogen-bond donors (Lipinski definition) is 0. The Hall–Kier alpha value is -1.11. The summed E-state index contributed by atoms with van der Waals surface area (Å²) in [5, 5.41) is 0. The molecule has 1 spiro atoms. The van der Waals surface area contributed by atoms with Gasteiger partial charge in [0.05, 0.1) is 0 Å². The van der Waals surface area contributed by atoms with Crippen molar-refractivity contribution in [3.63, 3.8) is 0 Å². The molecule has 0 N–H and O–H groups in total. The van der Waals surface area contributed by atoms with Gasteiger partial charge in [-0.3, -0.25) is 4.79 Å². The summed E-state index contributed by atoms with van der Waals surface area (Å²) in [7, 11) is 0. The van der Waals surface area contributed by atoms with Crippen molar-refractivity contribution in [3.05, 3.63) is 37.0 Å². The molecule has 3 aliphatic carbocycles. The van der Waals surface area contributed by atoms with Crippen molar-refractivity contribution < 1.29 is 4.79 Å². The molecule has 0 bridgehead atoms. The predicted octanol–water partition coefficient (Wildman–Crippen LogP) is 2.90. The van der Waals surface area contributed by atoms with Gasteiger partial charge in [0.1, 0.15) is 5.78 Å². The first-order chi connectivity index (χ1) is 7.18. The van der Waals surface area contributed by atoms with Crippen LogP contribution in [0.15, 0.2) is 37.0 Å². The van der Waals surface area contributed by atoms with E-state index in [1.165, 1.54) is 0 Å². The summed E-state index contributed by atoms with van der Waals surface area (Å²) >= 11 is 0. The highest BCUT2D eigenvalue weighted by atomic mass is 16.1. The normalized spacial score (nSPS) is 50.1. The minimum atomic E-state index is -0.0931. The Bertz CT molecular complexity index is 404. The van der Waals surface area contributed by atoms with Gasteiger partial charge >= 0.3 is 0 Å². The molecule has 3 rings (SSSR count). The van der Waals surface area contributed by atoms with Crippen LogP contribution in [0.5, 0.6) is 0 Å². The van der Waals surface area contributed by atoms with E-state index in [4.69, 9.17) is 0 Å². The predicted molar refractivity (Wildman–Crippen MR) is 60.2 cm³/mol. The van der Waals surface area contributed by atoms with Crippen molar-refractivity contribution in [1.29, 1.82) is 0 Å². The average molecular weight is 200 g/mol. The largest absolute Gasteiger partial charge is 0.299 e. The monoisotopic (exact) mass is 200 g/mol. The van der Waals surface area contributed by atoms with Gasteiger partial charge in [-0.1, -0.05) is 37.3 Å². The zero-order chi connectivity index (χ0) is 10.7. The van der Waals surface area contributed by atoms with Gasteiger partial charge in [0.2, 0.25) is 0 Å². The quantitative estimate of drug-likeness (QED) is 0.626. The number of allylic oxidation sites excluding steroid dienone is 5. The van der Waals surface area contributed by atoms with E-state index < -0.39 is 0 Å². The molecule has 3 unspecified atom stereocenters. The lowest BCUT2D eigenvalue weighted by Crippen LogP contribution is -2.14. The number of Topliss-reactive ketones (excluding diaryl/α,β-unsaturated/α-hetero) is 1. The van der Waals surface area contributed by atoms with Crippen LogP contribution in [-0.2, 0) is 4.79 Å². The fraction of sp³-hybridized carbons (Fsp3) is 0.500. The van der Waals surface area contributed by atoms with Crippen LogP contribution in [0.4, 0.5) is 0 Å².